The van der Waals surface area contributed by atoms with Crippen LogP contribution in [0.3, 0.4) is 0 Å². The lowest BCUT2D eigenvalue weighted by atomic mass is 9.78. The molecule has 2 heterocycles. The number of aliphatic imine (C=N–C) groups is 1. The summed E-state index contributed by atoms with van der Waals surface area (Å²) in [5.74, 6) is 1.96. The molecule has 1 aromatic rings. The van der Waals surface area contributed by atoms with Gasteiger partial charge in [0, 0.05) is 38.7 Å². The van der Waals surface area contributed by atoms with E-state index in [2.05, 4.69) is 33.4 Å². The Kier molecular flexibility index (Phi) is 10.6. The molecule has 1 aliphatic carbocycles. The highest BCUT2D eigenvalue weighted by Crippen LogP contribution is 2.41. The van der Waals surface area contributed by atoms with Gasteiger partial charge in [-0.15, -0.1) is 24.0 Å². The second-order valence-electron chi connectivity index (χ2n) is 9.63. The number of halogens is 1. The Balaban J connectivity index is 0.00000306. The molecule has 1 saturated carbocycles. The quantitative estimate of drug-likeness (QED) is 0.291. The van der Waals surface area contributed by atoms with Crippen molar-refractivity contribution in [2.24, 2.45) is 4.99 Å². The number of guanidine groups is 1. The summed E-state index contributed by atoms with van der Waals surface area (Å²) in [6.07, 6.45) is 11.3. The summed E-state index contributed by atoms with van der Waals surface area (Å²) in [6, 6.07) is 8.63. The van der Waals surface area contributed by atoms with Crippen molar-refractivity contribution < 1.29 is 14.2 Å². The van der Waals surface area contributed by atoms with Crippen LogP contribution < -0.4 is 10.1 Å². The fourth-order valence-corrected chi connectivity index (χ4v) is 5.57. The summed E-state index contributed by atoms with van der Waals surface area (Å²) in [4.78, 5) is 7.02. The molecule has 2 saturated heterocycles. The number of methoxy groups -OCH3 is 1. The van der Waals surface area contributed by atoms with Gasteiger partial charge < -0.3 is 24.4 Å². The SMILES string of the molecule is CN=C(NCC1(c2cccc(OC)c2)CCCC1)N1CCC(OCC2CCCCO2)CC1.I. The second-order valence-corrected chi connectivity index (χ2v) is 9.63. The zero-order valence-electron chi connectivity index (χ0n) is 20.4. The van der Waals surface area contributed by atoms with Gasteiger partial charge in [-0.2, -0.15) is 0 Å². The lowest BCUT2D eigenvalue weighted by Crippen LogP contribution is -2.50. The van der Waals surface area contributed by atoms with Gasteiger partial charge in [0.1, 0.15) is 5.75 Å². The van der Waals surface area contributed by atoms with E-state index in [-0.39, 0.29) is 29.4 Å². The Labute approximate surface area is 216 Å². The molecule has 3 fully saturated rings. The molecule has 2 aliphatic heterocycles. The van der Waals surface area contributed by atoms with E-state index in [9.17, 15) is 0 Å². The number of benzene rings is 1. The van der Waals surface area contributed by atoms with Crippen LogP contribution in [0, 0.1) is 0 Å². The largest absolute Gasteiger partial charge is 0.497 e. The third kappa shape index (κ3) is 6.98. The van der Waals surface area contributed by atoms with Gasteiger partial charge in [0.05, 0.1) is 25.9 Å². The minimum Gasteiger partial charge on any atom is -0.497 e. The van der Waals surface area contributed by atoms with Gasteiger partial charge in [-0.05, 0) is 62.6 Å². The van der Waals surface area contributed by atoms with Crippen molar-refractivity contribution in [3.8, 4) is 5.75 Å². The first kappa shape index (κ1) is 26.5. The topological polar surface area (TPSA) is 55.3 Å². The zero-order chi connectivity index (χ0) is 22.2. The Morgan fingerprint density at radius 2 is 1.94 bits per heavy atom. The van der Waals surface area contributed by atoms with Crippen LogP contribution in [0.4, 0.5) is 0 Å². The van der Waals surface area contributed by atoms with Crippen molar-refractivity contribution in [1.82, 2.24) is 10.2 Å². The molecule has 33 heavy (non-hydrogen) atoms. The molecule has 0 amide bonds. The maximum Gasteiger partial charge on any atom is 0.193 e. The molecule has 3 aliphatic rings. The van der Waals surface area contributed by atoms with Gasteiger partial charge >= 0.3 is 0 Å². The van der Waals surface area contributed by atoms with Gasteiger partial charge in [-0.25, -0.2) is 0 Å². The van der Waals surface area contributed by atoms with Gasteiger partial charge in [0.2, 0.25) is 0 Å². The number of rotatable bonds is 7. The van der Waals surface area contributed by atoms with Crippen LogP contribution in [-0.2, 0) is 14.9 Å². The van der Waals surface area contributed by atoms with Crippen molar-refractivity contribution >= 4 is 29.9 Å². The predicted octanol–water partition coefficient (Wildman–Crippen LogP) is 4.75. The van der Waals surface area contributed by atoms with Crippen LogP contribution in [0.25, 0.3) is 0 Å². The molecule has 6 nitrogen and oxygen atoms in total. The number of piperidine rings is 1. The summed E-state index contributed by atoms with van der Waals surface area (Å²) in [5.41, 5.74) is 1.54. The molecule has 0 spiro atoms. The van der Waals surface area contributed by atoms with Gasteiger partial charge in [0.25, 0.3) is 0 Å². The average molecular weight is 572 g/mol. The molecule has 1 N–H and O–H groups in total. The molecular formula is C26H42IN3O3. The highest BCUT2D eigenvalue weighted by molar-refractivity contribution is 14.0. The average Bonchev–Trinajstić information content (AvgIpc) is 3.35. The lowest BCUT2D eigenvalue weighted by molar-refractivity contribution is -0.0721. The van der Waals surface area contributed by atoms with E-state index in [0.29, 0.717) is 12.2 Å². The van der Waals surface area contributed by atoms with Crippen molar-refractivity contribution in [1.29, 1.82) is 0 Å². The molecule has 7 heteroatoms. The molecule has 4 rings (SSSR count). The van der Waals surface area contributed by atoms with Crippen LogP contribution in [0.1, 0.15) is 63.4 Å². The van der Waals surface area contributed by atoms with E-state index < -0.39 is 0 Å². The summed E-state index contributed by atoms with van der Waals surface area (Å²) in [7, 11) is 3.65. The maximum absolute atomic E-state index is 6.20. The van der Waals surface area contributed by atoms with E-state index in [1.54, 1.807) is 7.11 Å². The van der Waals surface area contributed by atoms with E-state index in [1.165, 1.54) is 44.1 Å². The van der Waals surface area contributed by atoms with Crippen LogP contribution in [-0.4, -0.2) is 70.1 Å². The number of ether oxygens (including phenoxy) is 3. The summed E-state index contributed by atoms with van der Waals surface area (Å²) >= 11 is 0. The Hall–Kier alpha value is -1.06. The van der Waals surface area contributed by atoms with Crippen LogP contribution >= 0.6 is 24.0 Å². The molecule has 1 unspecified atom stereocenters. The van der Waals surface area contributed by atoms with Crippen molar-refractivity contribution in [2.75, 3.05) is 47.0 Å². The summed E-state index contributed by atoms with van der Waals surface area (Å²) < 4.78 is 17.5. The second kappa shape index (κ2) is 13.1. The summed E-state index contributed by atoms with van der Waals surface area (Å²) in [5, 5.41) is 3.73. The Bertz CT molecular complexity index is 740. The molecule has 0 aromatic heterocycles. The predicted molar refractivity (Wildman–Crippen MR) is 144 cm³/mol. The van der Waals surface area contributed by atoms with Crippen molar-refractivity contribution in [2.45, 2.75) is 75.4 Å². The minimum atomic E-state index is 0. The van der Waals surface area contributed by atoms with E-state index in [0.717, 1.165) is 63.8 Å². The van der Waals surface area contributed by atoms with Gasteiger partial charge in [-0.1, -0.05) is 25.0 Å². The zero-order valence-corrected chi connectivity index (χ0v) is 22.7. The third-order valence-electron chi connectivity index (χ3n) is 7.57. The van der Waals surface area contributed by atoms with Gasteiger partial charge in [-0.3, -0.25) is 4.99 Å². The van der Waals surface area contributed by atoms with Crippen LogP contribution in [0.5, 0.6) is 5.75 Å². The minimum absolute atomic E-state index is 0. The Morgan fingerprint density at radius 3 is 2.61 bits per heavy atom. The first-order chi connectivity index (χ1) is 15.7. The molecule has 186 valence electrons. The Morgan fingerprint density at radius 1 is 1.15 bits per heavy atom. The third-order valence-corrected chi connectivity index (χ3v) is 7.57. The number of hydrogen-bond acceptors (Lipinski definition) is 4. The van der Waals surface area contributed by atoms with Crippen LogP contribution in [0.2, 0.25) is 0 Å². The number of hydrogen-bond donors (Lipinski definition) is 1. The molecule has 0 bridgehead atoms. The van der Waals surface area contributed by atoms with Gasteiger partial charge in [0.15, 0.2) is 5.96 Å². The number of likely N-dealkylation sites (tertiary alicyclic amines) is 1. The smallest absolute Gasteiger partial charge is 0.193 e. The highest BCUT2D eigenvalue weighted by Gasteiger charge is 2.36. The monoisotopic (exact) mass is 571 g/mol. The van der Waals surface area contributed by atoms with Crippen molar-refractivity contribution in [3.05, 3.63) is 29.8 Å². The fraction of sp³-hybridized carbons (Fsp3) is 0.731. The standard InChI is InChI=1S/C26H41N3O3.HI/c1-27-25(29-15-11-22(12-16-29)32-19-24-9-3-6-17-31-24)28-20-26(13-4-5-14-26)21-8-7-10-23(18-21)30-2;/h7-8,10,18,22,24H,3-6,9,11-17,19-20H2,1-2H3,(H,27,28);1H. The number of nitrogens with one attached hydrogen (secondary N) is 1. The molecule has 1 atom stereocenters. The summed E-state index contributed by atoms with van der Waals surface area (Å²) in [6.45, 7) is 4.54. The first-order valence-electron chi connectivity index (χ1n) is 12.6. The first-order valence-corrected chi connectivity index (χ1v) is 12.6. The van der Waals surface area contributed by atoms with Crippen molar-refractivity contribution in [3.63, 3.8) is 0 Å². The van der Waals surface area contributed by atoms with E-state index in [1.807, 2.05) is 13.1 Å². The normalized spacial score (nSPS) is 23.8. The fourth-order valence-electron chi connectivity index (χ4n) is 5.57. The maximum atomic E-state index is 6.20. The molecular weight excluding hydrogens is 529 g/mol. The molecule has 0 radical (unpaired) electrons. The highest BCUT2D eigenvalue weighted by atomic mass is 127. The van der Waals surface area contributed by atoms with Crippen LogP contribution in [0.15, 0.2) is 29.3 Å². The molecule has 1 aromatic carbocycles. The lowest BCUT2D eigenvalue weighted by Gasteiger charge is -2.37. The van der Waals surface area contributed by atoms with E-state index in [4.69, 9.17) is 14.2 Å². The number of nitrogens with zero attached hydrogens (tertiary/aromatic N) is 2. The van der Waals surface area contributed by atoms with E-state index >= 15 is 0 Å².